The van der Waals surface area contributed by atoms with Crippen LogP contribution in [-0.4, -0.2) is 35.9 Å². The molecule has 0 bridgehead atoms. The van der Waals surface area contributed by atoms with Gasteiger partial charge in [0, 0.05) is 0 Å². The van der Waals surface area contributed by atoms with Crippen LogP contribution >= 0.6 is 0 Å². The summed E-state index contributed by atoms with van der Waals surface area (Å²) in [4.78, 5) is 0. The Balaban J connectivity index is 2.29. The first-order valence-corrected chi connectivity index (χ1v) is 5.77. The zero-order valence-electron chi connectivity index (χ0n) is 9.79. The van der Waals surface area contributed by atoms with Crippen LogP contribution in [0.1, 0.15) is 19.3 Å². The Labute approximate surface area is 106 Å². The van der Waals surface area contributed by atoms with Crippen LogP contribution in [0.4, 0.5) is 22.0 Å². The van der Waals surface area contributed by atoms with E-state index in [0.717, 1.165) is 0 Å². The van der Waals surface area contributed by atoms with Gasteiger partial charge in [-0.05, 0) is 25.2 Å². The van der Waals surface area contributed by atoms with Crippen LogP contribution in [0.5, 0.6) is 0 Å². The van der Waals surface area contributed by atoms with Crippen molar-refractivity contribution in [1.82, 2.24) is 0 Å². The van der Waals surface area contributed by atoms with E-state index >= 15 is 0 Å². The zero-order chi connectivity index (χ0) is 14.3. The fraction of sp³-hybridized carbons (Fsp3) is 0.818. The van der Waals surface area contributed by atoms with E-state index in [9.17, 15) is 27.1 Å². The number of allylic oxidation sites excluding steroid dienone is 2. The average molecular weight is 288 g/mol. The number of hydrogen-bond donors (Lipinski definition) is 1. The second-order valence-electron chi connectivity index (χ2n) is 4.66. The molecule has 3 nitrogen and oxygen atoms in total. The maximum Gasteiger partial charge on any atom is 0.449 e. The Kier molecular flexibility index (Phi) is 3.61. The van der Waals surface area contributed by atoms with Gasteiger partial charge in [-0.3, -0.25) is 0 Å². The molecule has 0 aromatic rings. The summed E-state index contributed by atoms with van der Waals surface area (Å²) in [5.74, 6) is -9.83. The van der Waals surface area contributed by atoms with E-state index in [0.29, 0.717) is 6.42 Å². The number of halogens is 5. The first-order chi connectivity index (χ1) is 8.70. The quantitative estimate of drug-likeness (QED) is 0.595. The van der Waals surface area contributed by atoms with Crippen LogP contribution in [0.3, 0.4) is 0 Å². The Morgan fingerprint density at radius 2 is 1.89 bits per heavy atom. The molecule has 19 heavy (non-hydrogen) atoms. The Morgan fingerprint density at radius 1 is 1.21 bits per heavy atom. The van der Waals surface area contributed by atoms with Crippen molar-refractivity contribution in [2.75, 3.05) is 6.79 Å². The van der Waals surface area contributed by atoms with Gasteiger partial charge in [0.15, 0.2) is 6.79 Å². The minimum Gasteiger partial charge on any atom is -0.354 e. The second-order valence-corrected chi connectivity index (χ2v) is 4.66. The zero-order valence-corrected chi connectivity index (χ0v) is 9.79. The molecule has 0 aromatic heterocycles. The normalized spacial score (nSPS) is 39.3. The van der Waals surface area contributed by atoms with E-state index in [1.54, 1.807) is 12.2 Å². The summed E-state index contributed by atoms with van der Waals surface area (Å²) in [7, 11) is 0. The van der Waals surface area contributed by atoms with Crippen molar-refractivity contribution in [3.8, 4) is 0 Å². The van der Waals surface area contributed by atoms with Crippen LogP contribution in [0.25, 0.3) is 0 Å². The molecule has 0 spiro atoms. The van der Waals surface area contributed by atoms with Crippen LogP contribution < -0.4 is 0 Å². The fourth-order valence-corrected chi connectivity index (χ4v) is 2.38. The largest absolute Gasteiger partial charge is 0.449 e. The molecular weight excluding hydrogens is 275 g/mol. The standard InChI is InChI=1S/C11H13F5O3/c12-9(13)8(7-4-2-1-3-5-7)18-6-19-10(9,17)11(14,15)16/h1-2,7-8,17H,3-6H2. The monoisotopic (exact) mass is 288 g/mol. The van der Waals surface area contributed by atoms with Crippen molar-refractivity contribution in [2.45, 2.75) is 43.3 Å². The molecule has 8 heteroatoms. The predicted molar refractivity (Wildman–Crippen MR) is 53.3 cm³/mol. The lowest BCUT2D eigenvalue weighted by Gasteiger charge is -2.46. The molecule has 3 unspecified atom stereocenters. The van der Waals surface area contributed by atoms with Gasteiger partial charge in [-0.25, -0.2) is 0 Å². The molecule has 110 valence electrons. The highest BCUT2D eigenvalue weighted by atomic mass is 19.4. The molecule has 0 aromatic carbocycles. The van der Waals surface area contributed by atoms with E-state index in [4.69, 9.17) is 0 Å². The molecule has 1 fully saturated rings. The maximum atomic E-state index is 14.0. The highest BCUT2D eigenvalue weighted by Crippen LogP contribution is 2.50. The van der Waals surface area contributed by atoms with E-state index < -0.39 is 36.7 Å². The number of hydrogen-bond acceptors (Lipinski definition) is 3. The van der Waals surface area contributed by atoms with E-state index in [1.165, 1.54) is 0 Å². The van der Waals surface area contributed by atoms with Crippen LogP contribution in [0.2, 0.25) is 0 Å². The summed E-state index contributed by atoms with van der Waals surface area (Å²) >= 11 is 0. The smallest absolute Gasteiger partial charge is 0.354 e. The highest BCUT2D eigenvalue weighted by Gasteiger charge is 2.76. The van der Waals surface area contributed by atoms with Crippen LogP contribution in [-0.2, 0) is 9.47 Å². The fourth-order valence-electron chi connectivity index (χ4n) is 2.38. The van der Waals surface area contributed by atoms with Crippen LogP contribution in [0.15, 0.2) is 12.2 Å². The highest BCUT2D eigenvalue weighted by molar-refractivity contribution is 5.04. The number of alkyl halides is 5. The van der Waals surface area contributed by atoms with Gasteiger partial charge >= 0.3 is 17.9 Å². The van der Waals surface area contributed by atoms with E-state index in [1.807, 2.05) is 0 Å². The van der Waals surface area contributed by atoms with Gasteiger partial charge in [0.25, 0.3) is 0 Å². The first kappa shape index (κ1) is 14.7. The van der Waals surface area contributed by atoms with Gasteiger partial charge in [-0.1, -0.05) is 12.2 Å². The summed E-state index contributed by atoms with van der Waals surface area (Å²) in [6, 6.07) is 0. The van der Waals surface area contributed by atoms with E-state index in [2.05, 4.69) is 9.47 Å². The first-order valence-electron chi connectivity index (χ1n) is 5.77. The Morgan fingerprint density at radius 3 is 2.42 bits per heavy atom. The average Bonchev–Trinajstić information content (AvgIpc) is 2.32. The van der Waals surface area contributed by atoms with Crippen molar-refractivity contribution >= 4 is 0 Å². The van der Waals surface area contributed by atoms with Crippen molar-refractivity contribution in [1.29, 1.82) is 0 Å². The summed E-state index contributed by atoms with van der Waals surface area (Å²) in [5.41, 5.74) is 0. The van der Waals surface area contributed by atoms with Crippen LogP contribution in [0, 0.1) is 5.92 Å². The Bertz CT molecular complexity index is 368. The molecule has 2 aliphatic rings. The lowest BCUT2D eigenvalue weighted by molar-refractivity contribution is -0.487. The molecule has 3 atom stereocenters. The van der Waals surface area contributed by atoms with Crippen molar-refractivity contribution in [3.63, 3.8) is 0 Å². The minimum atomic E-state index is -5.59. The molecule has 1 heterocycles. The van der Waals surface area contributed by atoms with Crippen molar-refractivity contribution < 1.29 is 36.5 Å². The summed E-state index contributed by atoms with van der Waals surface area (Å²) in [6.07, 6.45) is -3.26. The minimum absolute atomic E-state index is 0.189. The molecule has 1 aliphatic heterocycles. The van der Waals surface area contributed by atoms with Gasteiger partial charge in [0.1, 0.15) is 6.10 Å². The lowest BCUT2D eigenvalue weighted by atomic mass is 9.83. The van der Waals surface area contributed by atoms with Gasteiger partial charge in [0.05, 0.1) is 0 Å². The molecule has 2 rings (SSSR count). The third kappa shape index (κ3) is 2.25. The molecule has 0 amide bonds. The van der Waals surface area contributed by atoms with Gasteiger partial charge in [-0.15, -0.1) is 0 Å². The summed E-state index contributed by atoms with van der Waals surface area (Å²) in [6.45, 7) is -1.02. The number of ether oxygens (including phenoxy) is 2. The molecule has 0 saturated carbocycles. The third-order valence-corrected chi connectivity index (χ3v) is 3.45. The lowest BCUT2D eigenvalue weighted by Crippen LogP contribution is -2.69. The second kappa shape index (κ2) is 4.68. The van der Waals surface area contributed by atoms with Crippen molar-refractivity contribution in [2.24, 2.45) is 5.92 Å². The molecular formula is C11H13F5O3. The SMILES string of the molecule is OC1(C(F)(F)F)OCOC(C2CC=CCC2)C1(F)F. The van der Waals surface area contributed by atoms with Crippen molar-refractivity contribution in [3.05, 3.63) is 12.2 Å². The summed E-state index contributed by atoms with van der Waals surface area (Å²) in [5, 5.41) is 9.24. The predicted octanol–water partition coefficient (Wildman–Crippen LogP) is 2.60. The molecule has 1 aliphatic carbocycles. The number of aliphatic hydroxyl groups is 1. The van der Waals surface area contributed by atoms with Gasteiger partial charge in [0.2, 0.25) is 0 Å². The third-order valence-electron chi connectivity index (χ3n) is 3.45. The van der Waals surface area contributed by atoms with Gasteiger partial charge < -0.3 is 14.6 Å². The number of rotatable bonds is 1. The molecule has 0 radical (unpaired) electrons. The molecule has 1 saturated heterocycles. The maximum absolute atomic E-state index is 14.0. The molecule has 1 N–H and O–H groups in total. The van der Waals surface area contributed by atoms with E-state index in [-0.39, 0.29) is 12.8 Å². The topological polar surface area (TPSA) is 38.7 Å². The van der Waals surface area contributed by atoms with Gasteiger partial charge in [-0.2, -0.15) is 22.0 Å². The summed E-state index contributed by atoms with van der Waals surface area (Å²) < 4.78 is 74.3. The Hall–Kier alpha value is -0.730.